The van der Waals surface area contributed by atoms with Crippen LogP contribution in [-0.4, -0.2) is 18.5 Å². The average molecular weight is 349 g/mol. The molecule has 0 aliphatic heterocycles. The van der Waals surface area contributed by atoms with Crippen LogP contribution in [0.3, 0.4) is 0 Å². The fourth-order valence-corrected chi connectivity index (χ4v) is 2.16. The molecule has 2 aromatic carbocycles. The van der Waals surface area contributed by atoms with Crippen molar-refractivity contribution in [3.63, 3.8) is 0 Å². The molecule has 0 atom stereocenters. The van der Waals surface area contributed by atoms with E-state index in [1.54, 1.807) is 31.2 Å². The Bertz CT molecular complexity index is 764. The minimum Gasteiger partial charge on any atom is -0.435 e. The van der Waals surface area contributed by atoms with Crippen LogP contribution in [0.1, 0.15) is 21.5 Å². The molecule has 0 unspecified atom stereocenters. The average Bonchev–Trinajstić information content (AvgIpc) is 2.53. The number of primary amides is 1. The molecule has 0 aromatic heterocycles. The molecular formula is C17H17F2N3O3. The lowest BCUT2D eigenvalue weighted by molar-refractivity contribution is -0.0498. The number of nitrogens with one attached hydrogen (secondary N) is 2. The predicted octanol–water partition coefficient (Wildman–Crippen LogP) is 3.02. The van der Waals surface area contributed by atoms with Gasteiger partial charge in [-0.15, -0.1) is 0 Å². The normalized spacial score (nSPS) is 10.4. The summed E-state index contributed by atoms with van der Waals surface area (Å²) in [6.45, 7) is -0.954. The number of carbonyl (C=O) groups is 2. The van der Waals surface area contributed by atoms with Gasteiger partial charge in [0.2, 0.25) is 5.91 Å². The Hall–Kier alpha value is -3.16. The predicted molar refractivity (Wildman–Crippen MR) is 88.6 cm³/mol. The van der Waals surface area contributed by atoms with Crippen molar-refractivity contribution >= 4 is 17.6 Å². The van der Waals surface area contributed by atoms with E-state index in [9.17, 15) is 18.4 Å². The van der Waals surface area contributed by atoms with Crippen LogP contribution in [0.15, 0.2) is 42.5 Å². The van der Waals surface area contributed by atoms with E-state index in [1.165, 1.54) is 18.2 Å². The highest BCUT2D eigenvalue weighted by Gasteiger charge is 2.08. The van der Waals surface area contributed by atoms with Gasteiger partial charge in [0.25, 0.3) is 0 Å². The van der Waals surface area contributed by atoms with Crippen LogP contribution >= 0.6 is 0 Å². The van der Waals surface area contributed by atoms with Crippen LogP contribution in [-0.2, 0) is 6.54 Å². The number of urea groups is 1. The smallest absolute Gasteiger partial charge is 0.387 e. The summed E-state index contributed by atoms with van der Waals surface area (Å²) in [7, 11) is 0. The molecule has 4 N–H and O–H groups in total. The molecule has 2 rings (SSSR count). The van der Waals surface area contributed by atoms with Gasteiger partial charge < -0.3 is 21.1 Å². The Balaban J connectivity index is 1.88. The number of amides is 3. The van der Waals surface area contributed by atoms with Gasteiger partial charge in [0.05, 0.1) is 0 Å². The summed E-state index contributed by atoms with van der Waals surface area (Å²) in [5, 5.41) is 5.26. The Morgan fingerprint density at radius 1 is 1.16 bits per heavy atom. The fourth-order valence-electron chi connectivity index (χ4n) is 2.16. The number of carbonyl (C=O) groups excluding carboxylic acids is 2. The third-order valence-corrected chi connectivity index (χ3v) is 3.35. The van der Waals surface area contributed by atoms with E-state index in [0.717, 1.165) is 5.56 Å². The van der Waals surface area contributed by atoms with Crippen LogP contribution in [0, 0.1) is 6.92 Å². The van der Waals surface area contributed by atoms with Crippen molar-refractivity contribution in [1.82, 2.24) is 5.32 Å². The molecule has 0 heterocycles. The van der Waals surface area contributed by atoms with E-state index in [1.807, 2.05) is 0 Å². The number of benzene rings is 2. The van der Waals surface area contributed by atoms with Crippen molar-refractivity contribution in [1.29, 1.82) is 0 Å². The largest absolute Gasteiger partial charge is 0.435 e. The zero-order valence-corrected chi connectivity index (χ0v) is 13.4. The quantitative estimate of drug-likeness (QED) is 0.748. The fraction of sp³-hybridized carbons (Fsp3) is 0.176. The van der Waals surface area contributed by atoms with Crippen LogP contribution in [0.5, 0.6) is 5.75 Å². The van der Waals surface area contributed by atoms with Crippen LogP contribution in [0.2, 0.25) is 0 Å². The van der Waals surface area contributed by atoms with Gasteiger partial charge in [0.1, 0.15) is 5.75 Å². The molecule has 25 heavy (non-hydrogen) atoms. The van der Waals surface area contributed by atoms with E-state index in [0.29, 0.717) is 16.8 Å². The Morgan fingerprint density at radius 2 is 1.84 bits per heavy atom. The topological polar surface area (TPSA) is 93.4 Å². The third-order valence-electron chi connectivity index (χ3n) is 3.35. The number of hydrogen-bond donors (Lipinski definition) is 3. The minimum absolute atomic E-state index is 0.0493. The van der Waals surface area contributed by atoms with Crippen LogP contribution < -0.4 is 21.1 Å². The van der Waals surface area contributed by atoms with E-state index < -0.39 is 18.5 Å². The van der Waals surface area contributed by atoms with Gasteiger partial charge >= 0.3 is 12.6 Å². The first kappa shape index (κ1) is 18.2. The molecule has 0 aliphatic carbocycles. The molecule has 2 aromatic rings. The number of anilines is 1. The molecule has 0 saturated carbocycles. The lowest BCUT2D eigenvalue weighted by Gasteiger charge is -2.10. The van der Waals surface area contributed by atoms with E-state index in [-0.39, 0.29) is 12.3 Å². The maximum absolute atomic E-state index is 12.1. The molecule has 3 amide bonds. The second kappa shape index (κ2) is 8.09. The second-order valence-corrected chi connectivity index (χ2v) is 5.22. The van der Waals surface area contributed by atoms with Crippen molar-refractivity contribution in [3.05, 3.63) is 59.2 Å². The van der Waals surface area contributed by atoms with Gasteiger partial charge in [0.15, 0.2) is 0 Å². The molecular weight excluding hydrogens is 332 g/mol. The number of alkyl halides is 2. The highest BCUT2D eigenvalue weighted by molar-refractivity contribution is 5.95. The number of halogens is 2. The minimum atomic E-state index is -2.88. The molecule has 6 nitrogen and oxygen atoms in total. The van der Waals surface area contributed by atoms with Crippen LogP contribution in [0.25, 0.3) is 0 Å². The number of aryl methyl sites for hydroxylation is 1. The Morgan fingerprint density at radius 3 is 2.40 bits per heavy atom. The molecule has 0 fully saturated rings. The van der Waals surface area contributed by atoms with Crippen molar-refractivity contribution in [2.75, 3.05) is 5.32 Å². The van der Waals surface area contributed by atoms with Crippen molar-refractivity contribution in [3.8, 4) is 5.75 Å². The SMILES string of the molecule is Cc1cc(NC(=O)NCc2ccc(OC(F)F)cc2)ccc1C(N)=O. The molecule has 0 aliphatic rings. The summed E-state index contributed by atoms with van der Waals surface area (Å²) in [4.78, 5) is 23.1. The summed E-state index contributed by atoms with van der Waals surface area (Å²) >= 11 is 0. The number of ether oxygens (including phenoxy) is 1. The van der Waals surface area contributed by atoms with Gasteiger partial charge in [-0.2, -0.15) is 8.78 Å². The van der Waals surface area contributed by atoms with E-state index in [2.05, 4.69) is 15.4 Å². The Labute approximate surface area is 143 Å². The lowest BCUT2D eigenvalue weighted by Crippen LogP contribution is -2.28. The zero-order chi connectivity index (χ0) is 18.4. The first-order valence-corrected chi connectivity index (χ1v) is 7.34. The van der Waals surface area contributed by atoms with Crippen molar-refractivity contribution < 1.29 is 23.1 Å². The summed E-state index contributed by atoms with van der Waals surface area (Å²) < 4.78 is 28.4. The summed E-state index contributed by atoms with van der Waals surface area (Å²) in [5.74, 6) is -0.485. The van der Waals surface area contributed by atoms with Crippen molar-refractivity contribution in [2.45, 2.75) is 20.1 Å². The van der Waals surface area contributed by atoms with Gasteiger partial charge in [0, 0.05) is 17.8 Å². The molecule has 0 saturated heterocycles. The molecule has 0 radical (unpaired) electrons. The zero-order valence-electron chi connectivity index (χ0n) is 13.4. The lowest BCUT2D eigenvalue weighted by atomic mass is 10.1. The van der Waals surface area contributed by atoms with Gasteiger partial charge in [-0.3, -0.25) is 4.79 Å². The highest BCUT2D eigenvalue weighted by Crippen LogP contribution is 2.16. The molecule has 8 heteroatoms. The number of hydrogen-bond acceptors (Lipinski definition) is 3. The van der Waals surface area contributed by atoms with Crippen molar-refractivity contribution in [2.24, 2.45) is 5.73 Å². The summed E-state index contributed by atoms with van der Waals surface area (Å²) in [6.07, 6.45) is 0. The summed E-state index contributed by atoms with van der Waals surface area (Å²) in [5.41, 5.74) is 7.50. The van der Waals surface area contributed by atoms with Gasteiger partial charge in [-0.05, 0) is 48.4 Å². The number of nitrogens with two attached hydrogens (primary N) is 1. The van der Waals surface area contributed by atoms with Gasteiger partial charge in [-0.25, -0.2) is 4.79 Å². The van der Waals surface area contributed by atoms with E-state index in [4.69, 9.17) is 5.73 Å². The number of rotatable bonds is 6. The maximum Gasteiger partial charge on any atom is 0.387 e. The first-order valence-electron chi connectivity index (χ1n) is 7.34. The molecule has 0 bridgehead atoms. The van der Waals surface area contributed by atoms with E-state index >= 15 is 0 Å². The standard InChI is InChI=1S/C17H17F2N3O3/c1-10-8-12(4-7-14(10)15(20)23)22-17(24)21-9-11-2-5-13(6-3-11)25-16(18)19/h2-8,16H,9H2,1H3,(H2,20,23)(H2,21,22,24). The monoisotopic (exact) mass is 349 g/mol. The highest BCUT2D eigenvalue weighted by atomic mass is 19.3. The van der Waals surface area contributed by atoms with Crippen LogP contribution in [0.4, 0.5) is 19.3 Å². The second-order valence-electron chi connectivity index (χ2n) is 5.22. The molecule has 132 valence electrons. The maximum atomic E-state index is 12.1. The molecule has 0 spiro atoms. The van der Waals surface area contributed by atoms with Gasteiger partial charge in [-0.1, -0.05) is 12.1 Å². The Kier molecular flexibility index (Phi) is 5.89. The first-order chi connectivity index (χ1) is 11.8. The third kappa shape index (κ3) is 5.45. The summed E-state index contributed by atoms with van der Waals surface area (Å²) in [6, 6.07) is 10.2.